The molecule has 0 saturated heterocycles. The van der Waals surface area contributed by atoms with Crippen molar-refractivity contribution in [3.05, 3.63) is 259 Å². The molecule has 0 fully saturated rings. The van der Waals surface area contributed by atoms with Crippen LogP contribution in [0, 0.1) is 0 Å². The average molecular weight is 842 g/mol. The van der Waals surface area contributed by atoms with Gasteiger partial charge in [-0.1, -0.05) is 194 Å². The van der Waals surface area contributed by atoms with Gasteiger partial charge in [0.05, 0.1) is 21.5 Å². The summed E-state index contributed by atoms with van der Waals surface area (Å²) in [6, 6.07) is 88.3. The number of anilines is 3. The number of fused-ring (bicyclic) bond motifs is 15. The summed E-state index contributed by atoms with van der Waals surface area (Å²) in [6.45, 7) is 0. The number of hydrogen-bond acceptors (Lipinski definition) is 2. The highest BCUT2D eigenvalue weighted by Gasteiger charge is 2.52. The molecular formula is C63H39NS. The molecule has 0 atom stereocenters. The van der Waals surface area contributed by atoms with Gasteiger partial charge in [0.25, 0.3) is 0 Å². The zero-order chi connectivity index (χ0) is 42.6. The van der Waals surface area contributed by atoms with Gasteiger partial charge in [-0.3, -0.25) is 0 Å². The number of benzene rings is 11. The molecule has 1 aromatic heterocycles. The first-order valence-corrected chi connectivity index (χ1v) is 23.3. The van der Waals surface area contributed by atoms with Gasteiger partial charge in [0, 0.05) is 26.7 Å². The van der Waals surface area contributed by atoms with Crippen LogP contribution in [0.4, 0.5) is 17.1 Å². The fourth-order valence-corrected chi connectivity index (χ4v) is 12.8. The zero-order valence-corrected chi connectivity index (χ0v) is 36.2. The molecule has 65 heavy (non-hydrogen) atoms. The molecule has 2 aliphatic rings. The summed E-state index contributed by atoms with van der Waals surface area (Å²) in [4.78, 5) is 2.55. The molecule has 1 nitrogen and oxygen atoms in total. The van der Waals surface area contributed by atoms with Crippen molar-refractivity contribution in [1.29, 1.82) is 0 Å². The van der Waals surface area contributed by atoms with Crippen LogP contribution in [0.3, 0.4) is 0 Å². The Kier molecular flexibility index (Phi) is 7.84. The van der Waals surface area contributed by atoms with Crippen LogP contribution in [0.2, 0.25) is 0 Å². The van der Waals surface area contributed by atoms with E-state index in [4.69, 9.17) is 0 Å². The SMILES string of the molecule is c1ccc2c(c1)-c1ccccc1C21c2ccccc2-c2c(N(c3ccc(-c4cc(-c5cccc6ccccc56)c5ccccc5c4)cc3)c3cccc4c3sc3ccccc34)cccc21. The molecular weight excluding hydrogens is 803 g/mol. The highest BCUT2D eigenvalue weighted by molar-refractivity contribution is 7.26. The topological polar surface area (TPSA) is 3.24 Å². The summed E-state index contributed by atoms with van der Waals surface area (Å²) in [5.74, 6) is 0. The minimum atomic E-state index is -0.438. The van der Waals surface area contributed by atoms with Crippen LogP contribution < -0.4 is 4.90 Å². The Morgan fingerprint density at radius 2 is 0.846 bits per heavy atom. The predicted molar refractivity (Wildman–Crippen MR) is 276 cm³/mol. The molecule has 2 aliphatic carbocycles. The van der Waals surface area contributed by atoms with Crippen molar-refractivity contribution in [3.8, 4) is 44.5 Å². The van der Waals surface area contributed by atoms with E-state index in [0.717, 1.165) is 5.69 Å². The second-order valence-corrected chi connectivity index (χ2v) is 18.5. The van der Waals surface area contributed by atoms with Crippen molar-refractivity contribution in [1.82, 2.24) is 0 Å². The number of rotatable bonds is 5. The molecule has 1 heterocycles. The normalized spacial score (nSPS) is 13.0. The lowest BCUT2D eigenvalue weighted by Gasteiger charge is -2.32. The van der Waals surface area contributed by atoms with Crippen molar-refractivity contribution >= 4 is 70.1 Å². The fourth-order valence-electron chi connectivity index (χ4n) is 11.6. The van der Waals surface area contributed by atoms with E-state index < -0.39 is 5.41 Å². The van der Waals surface area contributed by atoms with E-state index in [2.05, 4.69) is 241 Å². The van der Waals surface area contributed by atoms with E-state index in [9.17, 15) is 0 Å². The second-order valence-electron chi connectivity index (χ2n) is 17.5. The summed E-state index contributed by atoms with van der Waals surface area (Å²) in [5.41, 5.74) is 18.5. The predicted octanol–water partition coefficient (Wildman–Crippen LogP) is 17.5. The molecule has 0 aliphatic heterocycles. The molecule has 0 saturated carbocycles. The van der Waals surface area contributed by atoms with E-state index in [0.29, 0.717) is 0 Å². The molecule has 0 amide bonds. The molecule has 14 rings (SSSR count). The quantitative estimate of drug-likeness (QED) is 0.167. The van der Waals surface area contributed by atoms with E-state index in [1.165, 1.54) is 120 Å². The molecule has 0 bridgehead atoms. The molecule has 12 aromatic rings. The van der Waals surface area contributed by atoms with Gasteiger partial charge in [-0.2, -0.15) is 0 Å². The lowest BCUT2D eigenvalue weighted by atomic mass is 9.70. The summed E-state index contributed by atoms with van der Waals surface area (Å²) >= 11 is 1.88. The first-order chi connectivity index (χ1) is 32.3. The third kappa shape index (κ3) is 5.14. The molecule has 11 aromatic carbocycles. The Bertz CT molecular complexity index is 3860. The van der Waals surface area contributed by atoms with Crippen LogP contribution in [-0.4, -0.2) is 0 Å². The standard InChI is InChI=1S/C63H39NS/c1-3-19-45-41(16-1)18-13-25-47(45)53-39-43(38-42-17-2-4-20-46(42)53)40-34-36-44(37-35-40)64(59-32-14-26-51-50-23-8-12-33-60(50)65-62(51)59)58-31-15-30-57-61(58)52-24-7-11-29-56(52)63(57)54-27-9-5-21-48(54)49-22-6-10-28-55(49)63/h1-39H. The number of nitrogens with zero attached hydrogens (tertiary/aromatic N) is 1. The van der Waals surface area contributed by atoms with Gasteiger partial charge < -0.3 is 4.90 Å². The van der Waals surface area contributed by atoms with Crippen molar-refractivity contribution in [2.24, 2.45) is 0 Å². The number of hydrogen-bond donors (Lipinski definition) is 0. The smallest absolute Gasteiger partial charge is 0.0726 e. The Morgan fingerprint density at radius 1 is 0.323 bits per heavy atom. The maximum Gasteiger partial charge on any atom is 0.0726 e. The molecule has 0 radical (unpaired) electrons. The second kappa shape index (κ2) is 14.0. The third-order valence-corrected chi connectivity index (χ3v) is 15.5. The number of thiophene rings is 1. The van der Waals surface area contributed by atoms with Crippen LogP contribution >= 0.6 is 11.3 Å². The van der Waals surface area contributed by atoms with Gasteiger partial charge in [-0.25, -0.2) is 0 Å². The van der Waals surface area contributed by atoms with Gasteiger partial charge >= 0.3 is 0 Å². The van der Waals surface area contributed by atoms with Crippen LogP contribution in [-0.2, 0) is 5.41 Å². The van der Waals surface area contributed by atoms with Gasteiger partial charge in [0.1, 0.15) is 0 Å². The van der Waals surface area contributed by atoms with E-state index >= 15 is 0 Å². The minimum absolute atomic E-state index is 0.438. The van der Waals surface area contributed by atoms with Gasteiger partial charge in [0.2, 0.25) is 0 Å². The van der Waals surface area contributed by atoms with Crippen LogP contribution in [0.5, 0.6) is 0 Å². The third-order valence-electron chi connectivity index (χ3n) is 14.3. The summed E-state index contributed by atoms with van der Waals surface area (Å²) < 4.78 is 2.58. The van der Waals surface area contributed by atoms with Crippen molar-refractivity contribution < 1.29 is 0 Å². The minimum Gasteiger partial charge on any atom is -0.308 e. The largest absolute Gasteiger partial charge is 0.308 e. The van der Waals surface area contributed by atoms with Gasteiger partial charge in [-0.15, -0.1) is 11.3 Å². The van der Waals surface area contributed by atoms with Crippen LogP contribution in [0.15, 0.2) is 237 Å². The van der Waals surface area contributed by atoms with Crippen molar-refractivity contribution in [3.63, 3.8) is 0 Å². The molecule has 2 heteroatoms. The summed E-state index contributed by atoms with van der Waals surface area (Å²) in [6.07, 6.45) is 0. The van der Waals surface area contributed by atoms with Gasteiger partial charge in [0.15, 0.2) is 0 Å². The maximum absolute atomic E-state index is 2.55. The zero-order valence-electron chi connectivity index (χ0n) is 35.4. The summed E-state index contributed by atoms with van der Waals surface area (Å²) in [5, 5.41) is 7.59. The average Bonchev–Trinajstić information content (AvgIpc) is 4.01. The highest BCUT2D eigenvalue weighted by atomic mass is 32.1. The Hall–Kier alpha value is -8.04. The van der Waals surface area contributed by atoms with Crippen molar-refractivity contribution in [2.45, 2.75) is 5.41 Å². The van der Waals surface area contributed by atoms with E-state index in [1.807, 2.05) is 11.3 Å². The monoisotopic (exact) mass is 841 g/mol. The van der Waals surface area contributed by atoms with Crippen LogP contribution in [0.1, 0.15) is 22.3 Å². The van der Waals surface area contributed by atoms with Crippen LogP contribution in [0.25, 0.3) is 86.2 Å². The van der Waals surface area contributed by atoms with Crippen molar-refractivity contribution in [2.75, 3.05) is 4.90 Å². The Morgan fingerprint density at radius 3 is 1.62 bits per heavy atom. The van der Waals surface area contributed by atoms with E-state index in [1.54, 1.807) is 0 Å². The lowest BCUT2D eigenvalue weighted by molar-refractivity contribution is 0.794. The molecule has 1 spiro atoms. The first-order valence-electron chi connectivity index (χ1n) is 22.5. The Balaban J connectivity index is 1.00. The maximum atomic E-state index is 2.55. The van der Waals surface area contributed by atoms with Gasteiger partial charge in [-0.05, 0) is 125 Å². The van der Waals surface area contributed by atoms with E-state index in [-0.39, 0.29) is 0 Å². The molecule has 0 N–H and O–H groups in total. The lowest BCUT2D eigenvalue weighted by Crippen LogP contribution is -2.26. The summed E-state index contributed by atoms with van der Waals surface area (Å²) in [7, 11) is 0. The molecule has 0 unspecified atom stereocenters. The molecule has 302 valence electrons. The fraction of sp³-hybridized carbons (Fsp3) is 0.0159. The Labute approximate surface area is 381 Å². The highest BCUT2D eigenvalue weighted by Crippen LogP contribution is 2.65. The first kappa shape index (κ1) is 36.4.